The Morgan fingerprint density at radius 1 is 1.28 bits per heavy atom. The quantitative estimate of drug-likeness (QED) is 0.652. The molecule has 1 aliphatic rings. The number of carbonyl (C=O) groups excluding carboxylic acids is 1. The summed E-state index contributed by atoms with van der Waals surface area (Å²) in [5.41, 5.74) is 0.900. The minimum atomic E-state index is 0.0159. The summed E-state index contributed by atoms with van der Waals surface area (Å²) >= 11 is 0. The molecule has 8 heteroatoms. The maximum Gasteiger partial charge on any atom is 0.221 e. The fourth-order valence-corrected chi connectivity index (χ4v) is 3.73. The molecule has 0 bridgehead atoms. The van der Waals surface area contributed by atoms with Crippen molar-refractivity contribution in [3.8, 4) is 11.5 Å². The maximum atomic E-state index is 12.2. The highest BCUT2D eigenvalue weighted by Gasteiger charge is 2.23. The van der Waals surface area contributed by atoms with Crippen LogP contribution in [0.2, 0.25) is 0 Å². The van der Waals surface area contributed by atoms with E-state index in [4.69, 9.17) is 13.9 Å². The van der Waals surface area contributed by atoms with Crippen molar-refractivity contribution < 1.29 is 18.7 Å². The van der Waals surface area contributed by atoms with Crippen LogP contribution in [0.15, 0.2) is 22.6 Å². The summed E-state index contributed by atoms with van der Waals surface area (Å²) in [6.07, 6.45) is 3.55. The number of methoxy groups -OCH3 is 2. The fourth-order valence-electron chi connectivity index (χ4n) is 3.73. The number of hydrogen-bond acceptors (Lipinski definition) is 7. The van der Waals surface area contributed by atoms with Gasteiger partial charge in [0.2, 0.25) is 17.7 Å². The van der Waals surface area contributed by atoms with Gasteiger partial charge in [-0.25, -0.2) is 0 Å². The van der Waals surface area contributed by atoms with Crippen molar-refractivity contribution in [3.63, 3.8) is 0 Å². The first-order valence-electron chi connectivity index (χ1n) is 10.2. The van der Waals surface area contributed by atoms with Gasteiger partial charge in [-0.15, -0.1) is 10.2 Å². The van der Waals surface area contributed by atoms with Crippen LogP contribution >= 0.6 is 0 Å². The normalized spacial score (nSPS) is 16.7. The van der Waals surface area contributed by atoms with Crippen molar-refractivity contribution in [2.45, 2.75) is 45.1 Å². The lowest BCUT2D eigenvalue weighted by Crippen LogP contribution is -2.40. The Bertz CT molecular complexity index is 808. The van der Waals surface area contributed by atoms with Crippen molar-refractivity contribution in [3.05, 3.63) is 35.5 Å². The van der Waals surface area contributed by atoms with E-state index in [1.165, 1.54) is 6.42 Å². The highest BCUT2D eigenvalue weighted by Crippen LogP contribution is 2.26. The van der Waals surface area contributed by atoms with Gasteiger partial charge in [-0.2, -0.15) is 0 Å². The molecule has 8 nitrogen and oxygen atoms in total. The predicted molar refractivity (Wildman–Crippen MR) is 108 cm³/mol. The average Bonchev–Trinajstić information content (AvgIpc) is 3.39. The minimum Gasteiger partial charge on any atom is -0.497 e. The molecule has 1 aromatic carbocycles. The van der Waals surface area contributed by atoms with Crippen molar-refractivity contribution in [2.75, 3.05) is 33.9 Å². The highest BCUT2D eigenvalue weighted by atomic mass is 16.5. The standard InChI is InChI=1S/C21H30N4O4/c1-4-25-11-5-6-16(25)14-22-19(26)9-10-20-23-24-21(29-20)13-15-12-17(27-2)7-8-18(15)28-3/h7-8,12,16H,4-6,9-11,13-14H2,1-3H3,(H,22,26). The molecule has 2 aromatic rings. The number of ether oxygens (including phenoxy) is 2. The summed E-state index contributed by atoms with van der Waals surface area (Å²) < 4.78 is 16.4. The molecule has 1 N–H and O–H groups in total. The van der Waals surface area contributed by atoms with E-state index in [0.717, 1.165) is 36.6 Å². The number of nitrogens with one attached hydrogen (secondary N) is 1. The van der Waals surface area contributed by atoms with Gasteiger partial charge >= 0.3 is 0 Å². The summed E-state index contributed by atoms with van der Waals surface area (Å²) in [7, 11) is 3.24. The van der Waals surface area contributed by atoms with E-state index < -0.39 is 0 Å². The molecule has 3 rings (SSSR count). The predicted octanol–water partition coefficient (Wildman–Crippen LogP) is 2.21. The van der Waals surface area contributed by atoms with Gasteiger partial charge in [-0.1, -0.05) is 6.92 Å². The average molecular weight is 402 g/mol. The zero-order chi connectivity index (χ0) is 20.6. The molecule has 0 saturated carbocycles. The number of likely N-dealkylation sites (N-methyl/N-ethyl adjacent to an activating group) is 1. The zero-order valence-electron chi connectivity index (χ0n) is 17.4. The van der Waals surface area contributed by atoms with Gasteiger partial charge in [-0.05, 0) is 44.1 Å². The van der Waals surface area contributed by atoms with Crippen LogP contribution in [0.4, 0.5) is 0 Å². The molecule has 158 valence electrons. The number of amides is 1. The Morgan fingerprint density at radius 3 is 2.86 bits per heavy atom. The molecule has 1 unspecified atom stereocenters. The van der Waals surface area contributed by atoms with Crippen LogP contribution in [0.3, 0.4) is 0 Å². The molecule has 1 atom stereocenters. The number of nitrogens with zero attached hydrogens (tertiary/aromatic N) is 3. The Labute approximate surface area is 171 Å². The molecule has 0 radical (unpaired) electrons. The number of hydrogen-bond donors (Lipinski definition) is 1. The van der Waals surface area contributed by atoms with E-state index in [1.807, 2.05) is 18.2 Å². The van der Waals surface area contributed by atoms with Crippen LogP contribution < -0.4 is 14.8 Å². The van der Waals surface area contributed by atoms with Gasteiger partial charge in [0.25, 0.3) is 0 Å². The summed E-state index contributed by atoms with van der Waals surface area (Å²) in [5, 5.41) is 11.2. The van der Waals surface area contributed by atoms with Crippen LogP contribution in [0, 0.1) is 0 Å². The minimum absolute atomic E-state index is 0.0159. The van der Waals surface area contributed by atoms with Gasteiger partial charge in [0.1, 0.15) is 11.5 Å². The number of carbonyl (C=O) groups is 1. The summed E-state index contributed by atoms with van der Waals surface area (Å²) in [6, 6.07) is 6.03. The van der Waals surface area contributed by atoms with Crippen molar-refractivity contribution >= 4 is 5.91 Å². The van der Waals surface area contributed by atoms with Gasteiger partial charge in [0.05, 0.1) is 20.6 Å². The van der Waals surface area contributed by atoms with E-state index in [0.29, 0.717) is 43.6 Å². The Morgan fingerprint density at radius 2 is 2.10 bits per heavy atom. The number of aromatic nitrogens is 2. The zero-order valence-corrected chi connectivity index (χ0v) is 17.4. The van der Waals surface area contributed by atoms with Gasteiger partial charge < -0.3 is 19.2 Å². The van der Waals surface area contributed by atoms with Crippen LogP contribution in [0.5, 0.6) is 11.5 Å². The first-order chi connectivity index (χ1) is 14.1. The molecular formula is C21H30N4O4. The number of rotatable bonds is 10. The van der Waals surface area contributed by atoms with Crippen LogP contribution in [0.1, 0.15) is 43.5 Å². The molecule has 29 heavy (non-hydrogen) atoms. The monoisotopic (exact) mass is 402 g/mol. The third kappa shape index (κ3) is 5.69. The summed E-state index contributed by atoms with van der Waals surface area (Å²) in [4.78, 5) is 14.6. The maximum absolute atomic E-state index is 12.2. The molecular weight excluding hydrogens is 372 g/mol. The second-order valence-electron chi connectivity index (χ2n) is 7.17. The van der Waals surface area contributed by atoms with Gasteiger partial charge in [0, 0.05) is 31.0 Å². The molecule has 1 amide bonds. The lowest BCUT2D eigenvalue weighted by Gasteiger charge is -2.22. The molecule has 1 fully saturated rings. The van der Waals surface area contributed by atoms with Crippen LogP contribution in [0.25, 0.3) is 0 Å². The second kappa shape index (κ2) is 10.2. The highest BCUT2D eigenvalue weighted by molar-refractivity contribution is 5.76. The third-order valence-electron chi connectivity index (χ3n) is 5.34. The van der Waals surface area contributed by atoms with E-state index in [1.54, 1.807) is 14.2 Å². The molecule has 0 aliphatic carbocycles. The fraction of sp³-hybridized carbons (Fsp3) is 0.571. The largest absolute Gasteiger partial charge is 0.497 e. The van der Waals surface area contributed by atoms with Gasteiger partial charge in [-0.3, -0.25) is 9.69 Å². The SMILES string of the molecule is CCN1CCCC1CNC(=O)CCc1nnc(Cc2cc(OC)ccc2OC)o1. The number of benzene rings is 1. The van der Waals surface area contributed by atoms with E-state index >= 15 is 0 Å². The molecule has 1 aliphatic heterocycles. The molecule has 1 saturated heterocycles. The van der Waals surface area contributed by atoms with E-state index in [-0.39, 0.29) is 5.91 Å². The third-order valence-corrected chi connectivity index (χ3v) is 5.34. The summed E-state index contributed by atoms with van der Waals surface area (Å²) in [6.45, 7) is 5.02. The second-order valence-corrected chi connectivity index (χ2v) is 7.17. The van der Waals surface area contributed by atoms with E-state index in [2.05, 4.69) is 27.3 Å². The molecule has 0 spiro atoms. The molecule has 1 aromatic heterocycles. The first-order valence-corrected chi connectivity index (χ1v) is 10.2. The Hall–Kier alpha value is -2.61. The van der Waals surface area contributed by atoms with Crippen molar-refractivity contribution in [1.82, 2.24) is 20.4 Å². The van der Waals surface area contributed by atoms with E-state index in [9.17, 15) is 4.79 Å². The van der Waals surface area contributed by atoms with Gasteiger partial charge in [0.15, 0.2) is 0 Å². The number of likely N-dealkylation sites (tertiary alicyclic amines) is 1. The first kappa shape index (κ1) is 21.1. The number of aryl methyl sites for hydroxylation is 1. The topological polar surface area (TPSA) is 89.7 Å². The van der Waals surface area contributed by atoms with Crippen LogP contribution in [-0.4, -0.2) is 60.9 Å². The Balaban J connectivity index is 1.48. The van der Waals surface area contributed by atoms with Crippen LogP contribution in [-0.2, 0) is 17.6 Å². The molecule has 2 heterocycles. The smallest absolute Gasteiger partial charge is 0.221 e. The lowest BCUT2D eigenvalue weighted by molar-refractivity contribution is -0.121. The summed E-state index contributed by atoms with van der Waals surface area (Å²) in [5.74, 6) is 2.44. The Kier molecular flexibility index (Phi) is 7.46. The van der Waals surface area contributed by atoms with Crippen molar-refractivity contribution in [1.29, 1.82) is 0 Å². The lowest BCUT2D eigenvalue weighted by atomic mass is 10.1. The van der Waals surface area contributed by atoms with Crippen molar-refractivity contribution in [2.24, 2.45) is 0 Å².